The lowest BCUT2D eigenvalue weighted by Gasteiger charge is -2.37. The lowest BCUT2D eigenvalue weighted by Crippen LogP contribution is -2.45. The zero-order valence-electron chi connectivity index (χ0n) is 10.7. The summed E-state index contributed by atoms with van der Waals surface area (Å²) in [5.74, 6) is 0.896. The Morgan fingerprint density at radius 1 is 0.938 bits per heavy atom. The molecule has 2 atom stereocenters. The van der Waals surface area contributed by atoms with Gasteiger partial charge in [-0.05, 0) is 38.6 Å². The van der Waals surface area contributed by atoms with E-state index in [0.29, 0.717) is 6.04 Å². The van der Waals surface area contributed by atoms with Crippen LogP contribution in [-0.4, -0.2) is 35.7 Å². The van der Waals surface area contributed by atoms with Crippen molar-refractivity contribution in [2.24, 2.45) is 5.92 Å². The monoisotopic (exact) mass is 225 g/mol. The number of likely N-dealkylation sites (N-methyl/N-ethyl adjacent to an activating group) is 1. The number of aliphatic hydroxyl groups is 1. The van der Waals surface area contributed by atoms with Crippen molar-refractivity contribution in [1.82, 2.24) is 4.90 Å². The van der Waals surface area contributed by atoms with Gasteiger partial charge in [-0.1, -0.05) is 32.1 Å². The van der Waals surface area contributed by atoms with Gasteiger partial charge in [-0.15, -0.1) is 0 Å². The van der Waals surface area contributed by atoms with E-state index in [1.54, 1.807) is 0 Å². The zero-order valence-corrected chi connectivity index (χ0v) is 10.7. The Balaban J connectivity index is 1.78. The molecule has 2 aliphatic rings. The summed E-state index contributed by atoms with van der Waals surface area (Å²) in [7, 11) is 2.22. The Bertz CT molecular complexity index is 201. The highest BCUT2D eigenvalue weighted by molar-refractivity contribution is 4.83. The fourth-order valence-electron chi connectivity index (χ4n) is 3.52. The summed E-state index contributed by atoms with van der Waals surface area (Å²) in [5.41, 5.74) is 0. The van der Waals surface area contributed by atoms with Crippen molar-refractivity contribution in [3.05, 3.63) is 0 Å². The fourth-order valence-corrected chi connectivity index (χ4v) is 3.52. The van der Waals surface area contributed by atoms with Crippen LogP contribution in [0.1, 0.15) is 57.8 Å². The highest BCUT2D eigenvalue weighted by Gasteiger charge is 2.28. The summed E-state index contributed by atoms with van der Waals surface area (Å²) < 4.78 is 0. The van der Waals surface area contributed by atoms with E-state index < -0.39 is 0 Å². The largest absolute Gasteiger partial charge is 0.391 e. The Hall–Kier alpha value is -0.0800. The highest BCUT2D eigenvalue weighted by atomic mass is 16.3. The van der Waals surface area contributed by atoms with Gasteiger partial charge in [0.1, 0.15) is 0 Å². The maximum atomic E-state index is 10.0. The highest BCUT2D eigenvalue weighted by Crippen LogP contribution is 2.27. The molecule has 2 nitrogen and oxygen atoms in total. The Morgan fingerprint density at radius 2 is 1.56 bits per heavy atom. The van der Waals surface area contributed by atoms with Gasteiger partial charge in [0.05, 0.1) is 6.10 Å². The van der Waals surface area contributed by atoms with E-state index in [-0.39, 0.29) is 6.10 Å². The van der Waals surface area contributed by atoms with E-state index in [2.05, 4.69) is 11.9 Å². The lowest BCUT2D eigenvalue weighted by atomic mass is 9.87. The molecule has 0 radical (unpaired) electrons. The molecule has 0 aromatic rings. The van der Waals surface area contributed by atoms with Crippen LogP contribution in [0.15, 0.2) is 0 Å². The molecule has 16 heavy (non-hydrogen) atoms. The van der Waals surface area contributed by atoms with Crippen LogP contribution in [0.3, 0.4) is 0 Å². The van der Waals surface area contributed by atoms with Crippen molar-refractivity contribution < 1.29 is 5.11 Å². The Labute approximate surface area is 100 Å². The third-order valence-electron chi connectivity index (χ3n) is 4.53. The zero-order chi connectivity index (χ0) is 11.4. The second-order valence-electron chi connectivity index (χ2n) is 5.86. The number of nitrogens with zero attached hydrogens (tertiary/aromatic N) is 1. The molecule has 2 heteroatoms. The maximum absolute atomic E-state index is 10.0. The molecule has 0 aromatic heterocycles. The van der Waals surface area contributed by atoms with Gasteiger partial charge in [0, 0.05) is 12.6 Å². The summed E-state index contributed by atoms with van der Waals surface area (Å²) in [4.78, 5) is 2.44. The van der Waals surface area contributed by atoms with E-state index >= 15 is 0 Å². The molecule has 2 rings (SSSR count). The Morgan fingerprint density at radius 3 is 2.25 bits per heavy atom. The summed E-state index contributed by atoms with van der Waals surface area (Å²) in [6.07, 6.45) is 11.8. The van der Waals surface area contributed by atoms with Gasteiger partial charge in [-0.3, -0.25) is 0 Å². The normalized spacial score (nSPS) is 33.2. The van der Waals surface area contributed by atoms with Crippen molar-refractivity contribution in [1.29, 1.82) is 0 Å². The fraction of sp³-hybridized carbons (Fsp3) is 1.00. The smallest absolute Gasteiger partial charge is 0.0695 e. The van der Waals surface area contributed by atoms with E-state index in [1.165, 1.54) is 57.9 Å². The molecule has 2 aliphatic carbocycles. The van der Waals surface area contributed by atoms with Crippen molar-refractivity contribution in [2.75, 3.05) is 13.6 Å². The van der Waals surface area contributed by atoms with E-state index in [4.69, 9.17) is 0 Å². The van der Waals surface area contributed by atoms with Crippen molar-refractivity contribution >= 4 is 0 Å². The van der Waals surface area contributed by atoms with Gasteiger partial charge in [-0.25, -0.2) is 0 Å². The minimum absolute atomic E-state index is 0.0673. The van der Waals surface area contributed by atoms with Crippen molar-refractivity contribution in [2.45, 2.75) is 69.9 Å². The summed E-state index contributed by atoms with van der Waals surface area (Å²) in [6.45, 7) is 1.21. The van der Waals surface area contributed by atoms with Crippen molar-refractivity contribution in [3.8, 4) is 0 Å². The quantitative estimate of drug-likeness (QED) is 0.798. The maximum Gasteiger partial charge on any atom is 0.0695 e. The second-order valence-corrected chi connectivity index (χ2v) is 5.86. The topological polar surface area (TPSA) is 23.5 Å². The third kappa shape index (κ3) is 3.21. The lowest BCUT2D eigenvalue weighted by molar-refractivity contribution is 0.0231. The van der Waals surface area contributed by atoms with Crippen molar-refractivity contribution in [3.63, 3.8) is 0 Å². The number of hydrogen-bond donors (Lipinski definition) is 1. The van der Waals surface area contributed by atoms with Gasteiger partial charge >= 0.3 is 0 Å². The number of rotatable bonds is 3. The molecule has 0 heterocycles. The van der Waals surface area contributed by atoms with E-state index in [9.17, 15) is 5.11 Å². The first kappa shape index (κ1) is 12.4. The van der Waals surface area contributed by atoms with Crippen LogP contribution < -0.4 is 0 Å². The molecule has 1 N–H and O–H groups in total. The third-order valence-corrected chi connectivity index (χ3v) is 4.53. The summed E-state index contributed by atoms with van der Waals surface area (Å²) in [6, 6.07) is 0.440. The van der Waals surface area contributed by atoms with Gasteiger partial charge in [0.15, 0.2) is 0 Å². The van der Waals surface area contributed by atoms with Crippen LogP contribution in [0.4, 0.5) is 0 Å². The second kappa shape index (κ2) is 6.02. The molecule has 0 spiro atoms. The average Bonchev–Trinajstić information content (AvgIpc) is 2.31. The van der Waals surface area contributed by atoms with Gasteiger partial charge < -0.3 is 10.0 Å². The van der Waals surface area contributed by atoms with Crippen LogP contribution in [0, 0.1) is 5.92 Å². The van der Waals surface area contributed by atoms with E-state index in [0.717, 1.165) is 12.3 Å². The number of aliphatic hydroxyl groups excluding tert-OH is 1. The SMILES string of the molecule is CN(CC1CCCCC1)[C@@H]1CCCC[C@H]1O. The minimum Gasteiger partial charge on any atom is -0.391 e. The summed E-state index contributed by atoms with van der Waals surface area (Å²) in [5, 5.41) is 10.0. The minimum atomic E-state index is -0.0673. The van der Waals surface area contributed by atoms with Gasteiger partial charge in [0.25, 0.3) is 0 Å². The predicted molar refractivity (Wildman–Crippen MR) is 67.5 cm³/mol. The summed E-state index contributed by atoms with van der Waals surface area (Å²) >= 11 is 0. The van der Waals surface area contributed by atoms with Gasteiger partial charge in [-0.2, -0.15) is 0 Å². The first-order valence-corrected chi connectivity index (χ1v) is 7.15. The molecule has 94 valence electrons. The standard InChI is InChI=1S/C14H27NO/c1-15(11-12-7-3-2-4-8-12)13-9-5-6-10-14(13)16/h12-14,16H,2-11H2,1H3/t13-,14-/m1/s1. The first-order chi connectivity index (χ1) is 7.77. The van der Waals surface area contributed by atoms with E-state index in [1.807, 2.05) is 0 Å². The molecule has 0 amide bonds. The molecule has 0 saturated heterocycles. The molecule has 0 unspecified atom stereocenters. The molecular weight excluding hydrogens is 198 g/mol. The molecule has 0 aromatic carbocycles. The van der Waals surface area contributed by atoms with Gasteiger partial charge in [0.2, 0.25) is 0 Å². The molecule has 2 saturated carbocycles. The van der Waals surface area contributed by atoms with Crippen LogP contribution >= 0.6 is 0 Å². The first-order valence-electron chi connectivity index (χ1n) is 7.15. The Kier molecular flexibility index (Phi) is 4.66. The van der Waals surface area contributed by atoms with Crippen LogP contribution in [0.25, 0.3) is 0 Å². The molecule has 0 bridgehead atoms. The average molecular weight is 225 g/mol. The molecular formula is C14H27NO. The van der Waals surface area contributed by atoms with Crippen LogP contribution in [0.5, 0.6) is 0 Å². The predicted octanol–water partition coefficient (Wildman–Crippen LogP) is 2.80. The van der Waals surface area contributed by atoms with Crippen LogP contribution in [0.2, 0.25) is 0 Å². The number of hydrogen-bond acceptors (Lipinski definition) is 2. The molecule has 2 fully saturated rings. The van der Waals surface area contributed by atoms with Crippen LogP contribution in [-0.2, 0) is 0 Å². The molecule has 0 aliphatic heterocycles.